The number of para-hydroxylation sites is 2. The average Bonchev–Trinajstić information content (AvgIpc) is 2.76. The predicted molar refractivity (Wildman–Crippen MR) is 77.3 cm³/mol. The maximum absolute atomic E-state index is 11.7. The highest BCUT2D eigenvalue weighted by Crippen LogP contribution is 2.14. The van der Waals surface area contributed by atoms with E-state index in [1.54, 1.807) is 0 Å². The molecular formula is C14H20N4O2. The van der Waals surface area contributed by atoms with Gasteiger partial charge < -0.3 is 20.4 Å². The van der Waals surface area contributed by atoms with E-state index in [2.05, 4.69) is 14.9 Å². The first kappa shape index (κ1) is 14.5. The van der Waals surface area contributed by atoms with Gasteiger partial charge >= 0.3 is 0 Å². The van der Waals surface area contributed by atoms with Crippen molar-refractivity contribution < 1.29 is 9.53 Å². The summed E-state index contributed by atoms with van der Waals surface area (Å²) in [5.41, 5.74) is 7.48. The maximum Gasteiger partial charge on any atom is 0.250 e. The molecule has 108 valence electrons. The Labute approximate surface area is 117 Å². The van der Waals surface area contributed by atoms with Crippen LogP contribution in [0.4, 0.5) is 0 Å². The smallest absolute Gasteiger partial charge is 0.250 e. The van der Waals surface area contributed by atoms with E-state index in [0.29, 0.717) is 13.1 Å². The molecule has 1 unspecified atom stereocenters. The molecule has 1 atom stereocenters. The quantitative estimate of drug-likeness (QED) is 0.802. The number of carbonyl (C=O) groups excluding carboxylic acids is 1. The Morgan fingerprint density at radius 2 is 2.25 bits per heavy atom. The van der Waals surface area contributed by atoms with Gasteiger partial charge in [0, 0.05) is 26.7 Å². The van der Waals surface area contributed by atoms with E-state index in [-0.39, 0.29) is 12.5 Å². The van der Waals surface area contributed by atoms with E-state index in [4.69, 9.17) is 10.5 Å². The number of nitrogens with two attached hydrogens (primary N) is 1. The maximum atomic E-state index is 11.7. The molecule has 0 fully saturated rings. The molecule has 1 aromatic heterocycles. The van der Waals surface area contributed by atoms with Gasteiger partial charge in [0.1, 0.15) is 11.9 Å². The summed E-state index contributed by atoms with van der Waals surface area (Å²) in [7, 11) is 1.48. The van der Waals surface area contributed by atoms with Gasteiger partial charge in [-0.05, 0) is 19.1 Å². The number of carbonyl (C=O) groups is 1. The molecule has 2 aromatic rings. The number of rotatable bonds is 6. The highest BCUT2D eigenvalue weighted by atomic mass is 16.5. The zero-order chi connectivity index (χ0) is 14.5. The van der Waals surface area contributed by atoms with E-state index < -0.39 is 6.10 Å². The van der Waals surface area contributed by atoms with E-state index in [9.17, 15) is 4.79 Å². The fraction of sp³-hybridized carbons (Fsp3) is 0.429. The lowest BCUT2D eigenvalue weighted by atomic mass is 10.3. The standard InChI is InChI=1S/C14H20N4O2/c1-10-17-11-5-3-4-6-12(11)18(10)8-7-16-14(19)13(9-15)20-2/h3-6,13H,7-9,15H2,1-2H3,(H,16,19). The van der Waals surface area contributed by atoms with E-state index in [1.165, 1.54) is 7.11 Å². The zero-order valence-electron chi connectivity index (χ0n) is 11.8. The number of amides is 1. The number of ether oxygens (including phenoxy) is 1. The van der Waals surface area contributed by atoms with Gasteiger partial charge in [-0.25, -0.2) is 4.98 Å². The third kappa shape index (κ3) is 2.97. The monoisotopic (exact) mass is 276 g/mol. The minimum atomic E-state index is -0.587. The van der Waals surface area contributed by atoms with Crippen LogP contribution in [-0.2, 0) is 16.1 Å². The van der Waals surface area contributed by atoms with Crippen LogP contribution in [0.2, 0.25) is 0 Å². The van der Waals surface area contributed by atoms with Crippen molar-refractivity contribution >= 4 is 16.9 Å². The Hall–Kier alpha value is -1.92. The van der Waals surface area contributed by atoms with Crippen molar-refractivity contribution in [3.63, 3.8) is 0 Å². The first-order chi connectivity index (χ1) is 9.67. The van der Waals surface area contributed by atoms with Crippen LogP contribution in [0.5, 0.6) is 0 Å². The number of aryl methyl sites for hydroxylation is 1. The molecular weight excluding hydrogens is 256 g/mol. The number of hydrogen-bond donors (Lipinski definition) is 2. The van der Waals surface area contributed by atoms with Crippen LogP contribution >= 0.6 is 0 Å². The van der Waals surface area contributed by atoms with Crippen LogP contribution in [0.1, 0.15) is 5.82 Å². The second kappa shape index (κ2) is 6.49. The van der Waals surface area contributed by atoms with E-state index in [0.717, 1.165) is 16.9 Å². The summed E-state index contributed by atoms with van der Waals surface area (Å²) >= 11 is 0. The van der Waals surface area contributed by atoms with Crippen molar-refractivity contribution in [2.75, 3.05) is 20.2 Å². The molecule has 0 radical (unpaired) electrons. The van der Waals surface area contributed by atoms with Gasteiger partial charge in [0.05, 0.1) is 11.0 Å². The third-order valence-corrected chi connectivity index (χ3v) is 3.27. The summed E-state index contributed by atoms with van der Waals surface area (Å²) in [6, 6.07) is 7.95. The fourth-order valence-electron chi connectivity index (χ4n) is 2.19. The van der Waals surface area contributed by atoms with Gasteiger partial charge in [0.2, 0.25) is 0 Å². The first-order valence-corrected chi connectivity index (χ1v) is 6.59. The summed E-state index contributed by atoms with van der Waals surface area (Å²) in [5, 5.41) is 2.82. The fourth-order valence-corrected chi connectivity index (χ4v) is 2.19. The molecule has 0 saturated carbocycles. The highest BCUT2D eigenvalue weighted by molar-refractivity contribution is 5.81. The van der Waals surface area contributed by atoms with Crippen molar-refractivity contribution in [3.05, 3.63) is 30.1 Å². The second-order valence-corrected chi connectivity index (χ2v) is 4.55. The molecule has 6 nitrogen and oxygen atoms in total. The highest BCUT2D eigenvalue weighted by Gasteiger charge is 2.15. The number of aromatic nitrogens is 2. The van der Waals surface area contributed by atoms with Crippen molar-refractivity contribution in [1.29, 1.82) is 0 Å². The minimum absolute atomic E-state index is 0.176. The molecule has 0 bridgehead atoms. The Balaban J connectivity index is 2.00. The van der Waals surface area contributed by atoms with Crippen LogP contribution < -0.4 is 11.1 Å². The van der Waals surface area contributed by atoms with Crippen molar-refractivity contribution in [3.8, 4) is 0 Å². The SMILES string of the molecule is COC(CN)C(=O)NCCn1c(C)nc2ccccc21. The molecule has 20 heavy (non-hydrogen) atoms. The Bertz CT molecular complexity index is 590. The molecule has 1 aromatic carbocycles. The molecule has 1 heterocycles. The van der Waals surface area contributed by atoms with Gasteiger partial charge in [-0.15, -0.1) is 0 Å². The molecule has 6 heteroatoms. The molecule has 0 aliphatic rings. The molecule has 0 spiro atoms. The minimum Gasteiger partial charge on any atom is -0.370 e. The van der Waals surface area contributed by atoms with Crippen LogP contribution in [0.3, 0.4) is 0 Å². The summed E-state index contributed by atoms with van der Waals surface area (Å²) in [4.78, 5) is 16.2. The Kier molecular flexibility index (Phi) is 4.70. The second-order valence-electron chi connectivity index (χ2n) is 4.55. The van der Waals surface area contributed by atoms with Crippen LogP contribution in [0, 0.1) is 6.92 Å². The summed E-state index contributed by atoms with van der Waals surface area (Å²) < 4.78 is 7.07. The third-order valence-electron chi connectivity index (χ3n) is 3.27. The number of imidazole rings is 1. The van der Waals surface area contributed by atoms with Gasteiger partial charge in [0.15, 0.2) is 0 Å². The van der Waals surface area contributed by atoms with Crippen molar-refractivity contribution in [1.82, 2.24) is 14.9 Å². The summed E-state index contributed by atoms with van der Waals surface area (Å²) in [6.07, 6.45) is -0.587. The molecule has 3 N–H and O–H groups in total. The number of nitrogens with one attached hydrogen (secondary N) is 1. The topological polar surface area (TPSA) is 82.2 Å². The first-order valence-electron chi connectivity index (χ1n) is 6.59. The number of benzene rings is 1. The summed E-state index contributed by atoms with van der Waals surface area (Å²) in [5.74, 6) is 0.750. The van der Waals surface area contributed by atoms with Gasteiger partial charge in [-0.2, -0.15) is 0 Å². The van der Waals surface area contributed by atoms with Gasteiger partial charge in [-0.3, -0.25) is 4.79 Å². The number of methoxy groups -OCH3 is 1. The van der Waals surface area contributed by atoms with Crippen molar-refractivity contribution in [2.24, 2.45) is 5.73 Å². The molecule has 1 amide bonds. The van der Waals surface area contributed by atoms with Crippen LogP contribution in [0.15, 0.2) is 24.3 Å². The number of hydrogen-bond acceptors (Lipinski definition) is 4. The summed E-state index contributed by atoms with van der Waals surface area (Å²) in [6.45, 7) is 3.31. The Morgan fingerprint density at radius 1 is 1.50 bits per heavy atom. The average molecular weight is 276 g/mol. The zero-order valence-corrected chi connectivity index (χ0v) is 11.8. The lowest BCUT2D eigenvalue weighted by Crippen LogP contribution is -2.41. The molecule has 0 saturated heterocycles. The van der Waals surface area contributed by atoms with Crippen molar-refractivity contribution in [2.45, 2.75) is 19.6 Å². The molecule has 2 rings (SSSR count). The lowest BCUT2D eigenvalue weighted by Gasteiger charge is -2.13. The Morgan fingerprint density at radius 3 is 2.95 bits per heavy atom. The van der Waals surface area contributed by atoms with Gasteiger partial charge in [0.25, 0.3) is 5.91 Å². The molecule has 0 aliphatic heterocycles. The normalized spacial score (nSPS) is 12.6. The van der Waals surface area contributed by atoms with Crippen LogP contribution in [-0.4, -0.2) is 41.8 Å². The lowest BCUT2D eigenvalue weighted by molar-refractivity contribution is -0.130. The van der Waals surface area contributed by atoms with Gasteiger partial charge in [-0.1, -0.05) is 12.1 Å². The van der Waals surface area contributed by atoms with E-state index in [1.807, 2.05) is 31.2 Å². The predicted octanol–water partition coefficient (Wildman–Crippen LogP) is 0.435. The number of fused-ring (bicyclic) bond motifs is 1. The largest absolute Gasteiger partial charge is 0.370 e. The number of nitrogens with zero attached hydrogens (tertiary/aromatic N) is 2. The van der Waals surface area contributed by atoms with Crippen LogP contribution in [0.25, 0.3) is 11.0 Å². The molecule has 0 aliphatic carbocycles. The van der Waals surface area contributed by atoms with E-state index >= 15 is 0 Å².